The predicted octanol–water partition coefficient (Wildman–Crippen LogP) is 2.77. The smallest absolute Gasteiger partial charge is 0.127 e. The number of ether oxygens (including phenoxy) is 1. The monoisotopic (exact) mass is 267 g/mol. The summed E-state index contributed by atoms with van der Waals surface area (Å²) in [5.41, 5.74) is 2.28. The fraction of sp³-hybridized carbons (Fsp3) is 0.308. The Morgan fingerprint density at radius 3 is 2.67 bits per heavy atom. The molecule has 0 saturated carbocycles. The summed E-state index contributed by atoms with van der Waals surface area (Å²) in [7, 11) is 3.62. The first-order valence-corrected chi connectivity index (χ1v) is 5.56. The van der Waals surface area contributed by atoms with Gasteiger partial charge >= 0.3 is 0 Å². The molecule has 0 aliphatic heterocycles. The fourth-order valence-electron chi connectivity index (χ4n) is 1.83. The molecule has 0 amide bonds. The van der Waals surface area contributed by atoms with Crippen molar-refractivity contribution in [1.29, 1.82) is 0 Å². The van der Waals surface area contributed by atoms with E-state index in [2.05, 4.69) is 16.5 Å². The van der Waals surface area contributed by atoms with Crippen molar-refractivity contribution in [1.82, 2.24) is 9.78 Å². The van der Waals surface area contributed by atoms with Crippen LogP contribution in [0.3, 0.4) is 0 Å². The average Bonchev–Trinajstić information content (AvgIpc) is 2.67. The number of aryl methyl sites for hydroxylation is 2. The third kappa shape index (κ3) is 2.96. The topological polar surface area (TPSA) is 39.1 Å². The lowest BCUT2D eigenvalue weighted by Crippen LogP contribution is -2.06. The molecule has 0 saturated heterocycles. The van der Waals surface area contributed by atoms with Gasteiger partial charge in [0.2, 0.25) is 0 Å². The molecule has 0 radical (unpaired) electrons. The molecule has 0 spiro atoms. The van der Waals surface area contributed by atoms with Gasteiger partial charge in [-0.25, -0.2) is 0 Å². The summed E-state index contributed by atoms with van der Waals surface area (Å²) in [6.45, 7) is 2.77. The second kappa shape index (κ2) is 6.31. The molecule has 98 valence electrons. The summed E-state index contributed by atoms with van der Waals surface area (Å²) in [5, 5.41) is 7.57. The number of benzene rings is 1. The van der Waals surface area contributed by atoms with E-state index in [1.54, 1.807) is 7.11 Å². The van der Waals surface area contributed by atoms with E-state index in [-0.39, 0.29) is 12.4 Å². The Labute approximate surface area is 113 Å². The summed E-state index contributed by atoms with van der Waals surface area (Å²) in [6.07, 6.45) is 1.85. The Morgan fingerprint density at radius 2 is 2.06 bits per heavy atom. The van der Waals surface area contributed by atoms with Crippen LogP contribution >= 0.6 is 12.4 Å². The molecule has 1 aromatic heterocycles. The zero-order valence-electron chi connectivity index (χ0n) is 10.8. The summed E-state index contributed by atoms with van der Waals surface area (Å²) in [6, 6.07) is 8.00. The van der Waals surface area contributed by atoms with E-state index >= 15 is 0 Å². The van der Waals surface area contributed by atoms with Gasteiger partial charge in [-0.2, -0.15) is 5.10 Å². The van der Waals surface area contributed by atoms with Gasteiger partial charge in [-0.05, 0) is 13.0 Å². The molecule has 0 atom stereocenters. The standard InChI is InChI=1S/C13H17N3O.ClH/c1-10-8-15-16(2)13(10)14-9-11-6-4-5-7-12(11)17-3;/h4-8,14H,9H2,1-3H3;1H. The molecule has 0 aliphatic carbocycles. The van der Waals surface area contributed by atoms with Crippen LogP contribution in [-0.4, -0.2) is 16.9 Å². The largest absolute Gasteiger partial charge is 0.496 e. The third-order valence-electron chi connectivity index (χ3n) is 2.76. The number of rotatable bonds is 4. The van der Waals surface area contributed by atoms with Gasteiger partial charge in [-0.1, -0.05) is 18.2 Å². The van der Waals surface area contributed by atoms with Crippen molar-refractivity contribution in [2.45, 2.75) is 13.5 Å². The zero-order valence-corrected chi connectivity index (χ0v) is 11.6. The molecule has 0 fully saturated rings. The molecule has 0 bridgehead atoms. The second-order valence-corrected chi connectivity index (χ2v) is 3.97. The highest BCUT2D eigenvalue weighted by molar-refractivity contribution is 5.85. The van der Waals surface area contributed by atoms with Gasteiger partial charge in [0, 0.05) is 24.7 Å². The van der Waals surface area contributed by atoms with Crippen molar-refractivity contribution in [3.05, 3.63) is 41.6 Å². The average molecular weight is 268 g/mol. The van der Waals surface area contributed by atoms with E-state index in [9.17, 15) is 0 Å². The van der Waals surface area contributed by atoms with Crippen LogP contribution in [0.15, 0.2) is 30.5 Å². The minimum Gasteiger partial charge on any atom is -0.496 e. The molecule has 0 aliphatic rings. The van der Waals surface area contributed by atoms with Gasteiger partial charge in [0.15, 0.2) is 0 Å². The quantitative estimate of drug-likeness (QED) is 0.926. The number of nitrogens with zero attached hydrogens (tertiary/aromatic N) is 2. The first-order chi connectivity index (χ1) is 8.22. The fourth-order valence-corrected chi connectivity index (χ4v) is 1.83. The highest BCUT2D eigenvalue weighted by Gasteiger charge is 2.05. The van der Waals surface area contributed by atoms with Crippen LogP contribution in [0, 0.1) is 6.92 Å². The minimum absolute atomic E-state index is 0. The number of aromatic nitrogens is 2. The Kier molecular flexibility index (Phi) is 5.04. The van der Waals surface area contributed by atoms with Crippen molar-refractivity contribution in [2.24, 2.45) is 7.05 Å². The molecular weight excluding hydrogens is 250 g/mol. The molecule has 18 heavy (non-hydrogen) atoms. The van der Waals surface area contributed by atoms with E-state index in [1.165, 1.54) is 0 Å². The Balaban J connectivity index is 0.00000162. The normalized spacial score (nSPS) is 9.72. The minimum atomic E-state index is 0. The van der Waals surface area contributed by atoms with E-state index in [1.807, 2.05) is 43.0 Å². The lowest BCUT2D eigenvalue weighted by molar-refractivity contribution is 0.410. The number of anilines is 1. The van der Waals surface area contributed by atoms with Crippen molar-refractivity contribution >= 4 is 18.2 Å². The number of methoxy groups -OCH3 is 1. The highest BCUT2D eigenvalue weighted by Crippen LogP contribution is 2.20. The van der Waals surface area contributed by atoms with Crippen molar-refractivity contribution < 1.29 is 4.74 Å². The molecule has 1 aromatic carbocycles. The van der Waals surface area contributed by atoms with Crippen LogP contribution < -0.4 is 10.1 Å². The van der Waals surface area contributed by atoms with Crippen molar-refractivity contribution in [3.63, 3.8) is 0 Å². The lowest BCUT2D eigenvalue weighted by Gasteiger charge is -2.11. The van der Waals surface area contributed by atoms with Crippen LogP contribution in [0.25, 0.3) is 0 Å². The maximum atomic E-state index is 5.31. The van der Waals surface area contributed by atoms with Crippen molar-refractivity contribution in [3.8, 4) is 5.75 Å². The van der Waals surface area contributed by atoms with Crippen LogP contribution in [0.5, 0.6) is 5.75 Å². The molecular formula is C13H18ClN3O. The number of halogens is 1. The number of hydrogen-bond acceptors (Lipinski definition) is 3. The van der Waals surface area contributed by atoms with Crippen LogP contribution in [0.1, 0.15) is 11.1 Å². The molecule has 4 nitrogen and oxygen atoms in total. The van der Waals surface area contributed by atoms with E-state index < -0.39 is 0 Å². The van der Waals surface area contributed by atoms with Crippen LogP contribution in [-0.2, 0) is 13.6 Å². The predicted molar refractivity (Wildman–Crippen MR) is 75.5 cm³/mol. The summed E-state index contributed by atoms with van der Waals surface area (Å²) in [5.74, 6) is 1.94. The molecule has 1 heterocycles. The van der Waals surface area contributed by atoms with Crippen molar-refractivity contribution in [2.75, 3.05) is 12.4 Å². The molecule has 5 heteroatoms. The SMILES string of the molecule is COc1ccccc1CNc1c(C)cnn1C.Cl. The van der Waals surface area contributed by atoms with Gasteiger partial charge in [0.1, 0.15) is 11.6 Å². The first kappa shape index (κ1) is 14.4. The first-order valence-electron chi connectivity index (χ1n) is 5.56. The maximum absolute atomic E-state index is 5.31. The Hall–Kier alpha value is -1.68. The van der Waals surface area contributed by atoms with Gasteiger partial charge in [-0.15, -0.1) is 12.4 Å². The van der Waals surface area contributed by atoms with Crippen LogP contribution in [0.2, 0.25) is 0 Å². The summed E-state index contributed by atoms with van der Waals surface area (Å²) in [4.78, 5) is 0. The van der Waals surface area contributed by atoms with Gasteiger partial charge in [0.25, 0.3) is 0 Å². The summed E-state index contributed by atoms with van der Waals surface area (Å²) >= 11 is 0. The van der Waals surface area contributed by atoms with E-state index in [0.29, 0.717) is 0 Å². The van der Waals surface area contributed by atoms with Gasteiger partial charge in [-0.3, -0.25) is 4.68 Å². The molecule has 2 rings (SSSR count). The molecule has 1 N–H and O–H groups in total. The third-order valence-corrected chi connectivity index (χ3v) is 2.76. The van der Waals surface area contributed by atoms with Gasteiger partial charge < -0.3 is 10.1 Å². The van der Waals surface area contributed by atoms with E-state index in [4.69, 9.17) is 4.74 Å². The lowest BCUT2D eigenvalue weighted by atomic mass is 10.2. The number of hydrogen-bond donors (Lipinski definition) is 1. The Bertz CT molecular complexity index is 491. The zero-order chi connectivity index (χ0) is 12.3. The summed E-state index contributed by atoms with van der Waals surface area (Å²) < 4.78 is 7.15. The maximum Gasteiger partial charge on any atom is 0.127 e. The second-order valence-electron chi connectivity index (χ2n) is 3.97. The molecule has 2 aromatic rings. The van der Waals surface area contributed by atoms with Crippen LogP contribution in [0.4, 0.5) is 5.82 Å². The molecule has 0 unspecified atom stereocenters. The van der Waals surface area contributed by atoms with Gasteiger partial charge in [0.05, 0.1) is 13.3 Å². The number of nitrogens with one attached hydrogen (secondary N) is 1. The number of para-hydroxylation sites is 1. The highest BCUT2D eigenvalue weighted by atomic mass is 35.5. The van der Waals surface area contributed by atoms with E-state index in [0.717, 1.165) is 29.2 Å². The Morgan fingerprint density at radius 1 is 1.33 bits per heavy atom.